The molecule has 0 spiro atoms. The predicted molar refractivity (Wildman–Crippen MR) is 102 cm³/mol. The van der Waals surface area contributed by atoms with Gasteiger partial charge in [-0.25, -0.2) is 0 Å². The summed E-state index contributed by atoms with van der Waals surface area (Å²) >= 11 is 0. The molecule has 1 N–H and O–H groups in total. The lowest BCUT2D eigenvalue weighted by molar-refractivity contribution is -0.118. The van der Waals surface area contributed by atoms with E-state index in [4.69, 9.17) is 9.47 Å². The summed E-state index contributed by atoms with van der Waals surface area (Å²) < 4.78 is 10.9. The van der Waals surface area contributed by atoms with E-state index in [2.05, 4.69) is 5.32 Å². The van der Waals surface area contributed by atoms with Gasteiger partial charge in [0.15, 0.2) is 18.1 Å². The van der Waals surface area contributed by atoms with Gasteiger partial charge in [0.05, 0.1) is 6.61 Å². The number of nitrogens with zero attached hydrogens (tertiary/aromatic N) is 1. The molecule has 0 aliphatic heterocycles. The number of rotatable bonds is 8. The second kappa shape index (κ2) is 9.38. The Labute approximate surface area is 157 Å². The van der Waals surface area contributed by atoms with Gasteiger partial charge in [-0.05, 0) is 49.4 Å². The third kappa shape index (κ3) is 5.57. The van der Waals surface area contributed by atoms with E-state index in [1.54, 1.807) is 56.6 Å². The molecule has 0 unspecified atom stereocenters. The summed E-state index contributed by atoms with van der Waals surface area (Å²) in [4.78, 5) is 36.3. The molecule has 0 saturated heterocycles. The number of hydrogen-bond donors (Lipinski definition) is 1. The average molecular weight is 370 g/mol. The van der Waals surface area contributed by atoms with Crippen molar-refractivity contribution in [2.24, 2.45) is 0 Å². The van der Waals surface area contributed by atoms with Crippen molar-refractivity contribution in [3.63, 3.8) is 0 Å². The third-order valence-electron chi connectivity index (χ3n) is 3.58. The summed E-state index contributed by atoms with van der Waals surface area (Å²) in [5, 5.41) is 2.70. The minimum Gasteiger partial charge on any atom is -0.490 e. The van der Waals surface area contributed by atoms with E-state index in [1.807, 2.05) is 6.92 Å². The van der Waals surface area contributed by atoms with Gasteiger partial charge in [0.1, 0.15) is 6.29 Å². The first-order valence-electron chi connectivity index (χ1n) is 8.41. The van der Waals surface area contributed by atoms with Crippen LogP contribution >= 0.6 is 0 Å². The van der Waals surface area contributed by atoms with Crippen molar-refractivity contribution in [1.29, 1.82) is 0 Å². The fraction of sp³-hybridized carbons (Fsp3) is 0.250. The highest BCUT2D eigenvalue weighted by Crippen LogP contribution is 2.28. The van der Waals surface area contributed by atoms with E-state index in [1.165, 1.54) is 4.90 Å². The number of hydrogen-bond acceptors (Lipinski definition) is 5. The van der Waals surface area contributed by atoms with Crippen LogP contribution in [-0.4, -0.2) is 50.3 Å². The Balaban J connectivity index is 1.96. The lowest BCUT2D eigenvalue weighted by Crippen LogP contribution is -2.22. The van der Waals surface area contributed by atoms with Gasteiger partial charge in [0.25, 0.3) is 11.8 Å². The number of carbonyl (C=O) groups is 3. The maximum atomic E-state index is 12.1. The molecular weight excluding hydrogens is 348 g/mol. The number of nitrogens with one attached hydrogen (secondary N) is 1. The number of carbonyl (C=O) groups excluding carboxylic acids is 3. The van der Waals surface area contributed by atoms with Crippen molar-refractivity contribution in [2.75, 3.05) is 32.6 Å². The van der Waals surface area contributed by atoms with Gasteiger partial charge in [0.2, 0.25) is 0 Å². The lowest BCUT2D eigenvalue weighted by atomic mass is 10.2. The van der Waals surface area contributed by atoms with Crippen molar-refractivity contribution >= 4 is 23.8 Å². The first-order valence-corrected chi connectivity index (χ1v) is 8.41. The van der Waals surface area contributed by atoms with Gasteiger partial charge < -0.3 is 19.7 Å². The van der Waals surface area contributed by atoms with Crippen molar-refractivity contribution in [1.82, 2.24) is 4.90 Å². The van der Waals surface area contributed by atoms with Crippen molar-refractivity contribution in [3.8, 4) is 11.5 Å². The molecule has 27 heavy (non-hydrogen) atoms. The summed E-state index contributed by atoms with van der Waals surface area (Å²) in [6.45, 7) is 2.00. The van der Waals surface area contributed by atoms with Crippen molar-refractivity contribution in [2.45, 2.75) is 6.92 Å². The molecule has 0 aliphatic carbocycles. The summed E-state index contributed by atoms with van der Waals surface area (Å²) in [5.74, 6) is 0.313. The molecule has 0 fully saturated rings. The maximum absolute atomic E-state index is 12.1. The van der Waals surface area contributed by atoms with Crippen LogP contribution in [0.4, 0.5) is 5.69 Å². The number of benzene rings is 2. The number of ether oxygens (including phenoxy) is 2. The predicted octanol–water partition coefficient (Wildman–Crippen LogP) is 2.62. The first kappa shape index (κ1) is 20.0. The van der Waals surface area contributed by atoms with Crippen LogP contribution < -0.4 is 14.8 Å². The highest BCUT2D eigenvalue weighted by molar-refractivity contribution is 5.95. The average Bonchev–Trinajstić information content (AvgIpc) is 2.67. The van der Waals surface area contributed by atoms with Crippen LogP contribution in [0.1, 0.15) is 27.6 Å². The first-order chi connectivity index (χ1) is 12.9. The van der Waals surface area contributed by atoms with Gasteiger partial charge in [-0.3, -0.25) is 14.4 Å². The van der Waals surface area contributed by atoms with Crippen LogP contribution in [0, 0.1) is 0 Å². The summed E-state index contributed by atoms with van der Waals surface area (Å²) in [5.41, 5.74) is 1.55. The molecular formula is C20H22N2O5. The zero-order valence-electron chi connectivity index (χ0n) is 15.5. The Bertz CT molecular complexity index is 816. The Hall–Kier alpha value is -3.35. The molecule has 0 aliphatic rings. The Kier molecular flexibility index (Phi) is 6.93. The van der Waals surface area contributed by atoms with Crippen LogP contribution in [0.2, 0.25) is 0 Å². The minimum atomic E-state index is -0.358. The largest absolute Gasteiger partial charge is 0.490 e. The SMILES string of the molecule is CCOc1cc(C=O)ccc1OCC(=O)Nc1ccc(C(=O)N(C)C)cc1. The van der Waals surface area contributed by atoms with Gasteiger partial charge in [0, 0.05) is 30.9 Å². The van der Waals surface area contributed by atoms with Gasteiger partial charge in [-0.15, -0.1) is 0 Å². The molecule has 0 bridgehead atoms. The second-order valence-corrected chi connectivity index (χ2v) is 5.87. The fourth-order valence-electron chi connectivity index (χ4n) is 2.28. The van der Waals surface area contributed by atoms with Crippen LogP contribution in [0.5, 0.6) is 11.5 Å². The lowest BCUT2D eigenvalue weighted by Gasteiger charge is -2.13. The number of amides is 2. The highest BCUT2D eigenvalue weighted by Gasteiger charge is 2.11. The maximum Gasteiger partial charge on any atom is 0.262 e. The molecule has 2 aromatic carbocycles. The fourth-order valence-corrected chi connectivity index (χ4v) is 2.28. The van der Waals surface area contributed by atoms with Crippen LogP contribution in [0.3, 0.4) is 0 Å². The van der Waals surface area contributed by atoms with E-state index in [0.29, 0.717) is 41.2 Å². The smallest absolute Gasteiger partial charge is 0.262 e. The van der Waals surface area contributed by atoms with E-state index >= 15 is 0 Å². The molecule has 0 heterocycles. The summed E-state index contributed by atoms with van der Waals surface area (Å²) in [7, 11) is 3.35. The standard InChI is InChI=1S/C20H22N2O5/c1-4-26-18-11-14(12-23)5-10-17(18)27-13-19(24)21-16-8-6-15(7-9-16)20(25)22(2)3/h5-12H,4,13H2,1-3H3,(H,21,24). The topological polar surface area (TPSA) is 84.9 Å². The van der Waals surface area contributed by atoms with Gasteiger partial charge >= 0.3 is 0 Å². The van der Waals surface area contributed by atoms with E-state index in [9.17, 15) is 14.4 Å². The van der Waals surface area contributed by atoms with E-state index < -0.39 is 0 Å². The third-order valence-corrected chi connectivity index (χ3v) is 3.58. The molecule has 142 valence electrons. The molecule has 2 amide bonds. The van der Waals surface area contributed by atoms with Gasteiger partial charge in [-0.1, -0.05) is 0 Å². The summed E-state index contributed by atoms with van der Waals surface area (Å²) in [6, 6.07) is 11.3. The Morgan fingerprint density at radius 2 is 1.74 bits per heavy atom. The molecule has 2 aromatic rings. The zero-order chi connectivity index (χ0) is 19.8. The molecule has 0 radical (unpaired) electrons. The van der Waals surface area contributed by atoms with Gasteiger partial charge in [-0.2, -0.15) is 0 Å². The number of anilines is 1. The Morgan fingerprint density at radius 3 is 2.33 bits per heavy atom. The Morgan fingerprint density at radius 1 is 1.04 bits per heavy atom. The molecule has 7 heteroatoms. The summed E-state index contributed by atoms with van der Waals surface area (Å²) in [6.07, 6.45) is 0.712. The normalized spacial score (nSPS) is 10.0. The highest BCUT2D eigenvalue weighted by atomic mass is 16.5. The van der Waals surface area contributed by atoms with Crippen LogP contribution in [0.15, 0.2) is 42.5 Å². The molecule has 0 saturated carbocycles. The monoisotopic (exact) mass is 370 g/mol. The van der Waals surface area contributed by atoms with E-state index in [0.717, 1.165) is 0 Å². The van der Waals surface area contributed by atoms with E-state index in [-0.39, 0.29) is 18.4 Å². The molecule has 0 aromatic heterocycles. The number of aldehydes is 1. The van der Waals surface area contributed by atoms with Crippen LogP contribution in [-0.2, 0) is 4.79 Å². The molecule has 0 atom stereocenters. The minimum absolute atomic E-state index is 0.113. The van der Waals surface area contributed by atoms with Crippen molar-refractivity contribution < 1.29 is 23.9 Å². The van der Waals surface area contributed by atoms with Crippen LogP contribution in [0.25, 0.3) is 0 Å². The van der Waals surface area contributed by atoms with Crippen molar-refractivity contribution in [3.05, 3.63) is 53.6 Å². The quantitative estimate of drug-likeness (QED) is 0.722. The molecule has 7 nitrogen and oxygen atoms in total. The molecule has 2 rings (SSSR count). The second-order valence-electron chi connectivity index (χ2n) is 5.87. The zero-order valence-corrected chi connectivity index (χ0v) is 15.5.